The zero-order chi connectivity index (χ0) is 25.3. The Balaban J connectivity index is 1.36. The molecule has 0 heterocycles. The smallest absolute Gasteiger partial charge is 0.157 e. The van der Waals surface area contributed by atoms with Crippen LogP contribution in [0.4, 0.5) is 0 Å². The highest BCUT2D eigenvalue weighted by Crippen LogP contribution is 2.44. The number of benzene rings is 2. The van der Waals surface area contributed by atoms with Crippen molar-refractivity contribution < 1.29 is 18.9 Å². The molecule has 0 aromatic heterocycles. The largest absolute Gasteiger partial charge is 0.356 e. The molecule has 0 fully saturated rings. The van der Waals surface area contributed by atoms with Crippen LogP contribution >= 0.6 is 0 Å². The molecule has 36 heavy (non-hydrogen) atoms. The first kappa shape index (κ1) is 26.8. The Morgan fingerprint density at radius 2 is 0.972 bits per heavy atom. The Morgan fingerprint density at radius 1 is 0.583 bits per heavy atom. The minimum Gasteiger partial charge on any atom is -0.356 e. The Morgan fingerprint density at radius 3 is 1.36 bits per heavy atom. The van der Waals surface area contributed by atoms with Gasteiger partial charge in [-0.3, -0.25) is 0 Å². The highest BCUT2D eigenvalue weighted by atomic mass is 16.7. The summed E-state index contributed by atoms with van der Waals surface area (Å²) in [4.78, 5) is 0. The molecule has 0 aliphatic heterocycles. The molecule has 0 saturated carbocycles. The number of hydrogen-bond donors (Lipinski definition) is 0. The van der Waals surface area contributed by atoms with Gasteiger partial charge < -0.3 is 18.9 Å². The third-order valence-electron chi connectivity index (χ3n) is 7.94. The highest BCUT2D eigenvalue weighted by molar-refractivity contribution is 5.67. The molecule has 2 aromatic carbocycles. The maximum Gasteiger partial charge on any atom is 0.157 e. The van der Waals surface area contributed by atoms with Gasteiger partial charge in [-0.25, -0.2) is 0 Å². The number of allylic oxidation sites excluding steroid dienone is 2. The third-order valence-corrected chi connectivity index (χ3v) is 7.94. The zero-order valence-electron chi connectivity index (χ0n) is 22.4. The van der Waals surface area contributed by atoms with Gasteiger partial charge in [0.05, 0.1) is 0 Å². The maximum atomic E-state index is 5.44. The first-order valence-corrected chi connectivity index (χ1v) is 13.4. The second-order valence-corrected chi connectivity index (χ2v) is 9.97. The van der Waals surface area contributed by atoms with E-state index in [9.17, 15) is 0 Å². The molecule has 2 aromatic rings. The number of ether oxygens (including phenoxy) is 4. The minimum atomic E-state index is -0.140. The molecule has 0 amide bonds. The van der Waals surface area contributed by atoms with Gasteiger partial charge in [-0.2, -0.15) is 0 Å². The van der Waals surface area contributed by atoms with Crippen molar-refractivity contribution in [2.75, 3.05) is 28.4 Å². The summed E-state index contributed by atoms with van der Waals surface area (Å²) in [6, 6.07) is 17.8. The standard InChI is InChI=1S/C32H42O4/c1-33-31(34-2)19-17-25-21-23-11-5-7-13-27(23)29(25)15-9-10-16-30-26(18-20-32(35-3)36-4)22-24-12-6-8-14-28(24)30/h5-8,11-14,21-22,29-32H,9-10,15-20H2,1-4H3. The molecule has 4 rings (SSSR count). The predicted molar refractivity (Wildman–Crippen MR) is 147 cm³/mol. The van der Waals surface area contributed by atoms with E-state index in [-0.39, 0.29) is 12.6 Å². The van der Waals surface area contributed by atoms with Gasteiger partial charge in [0.15, 0.2) is 12.6 Å². The summed E-state index contributed by atoms with van der Waals surface area (Å²) in [6.07, 6.45) is 13.1. The van der Waals surface area contributed by atoms with E-state index in [2.05, 4.69) is 60.7 Å². The fraction of sp³-hybridized carbons (Fsp3) is 0.500. The molecule has 0 radical (unpaired) electrons. The van der Waals surface area contributed by atoms with Gasteiger partial charge in [0.2, 0.25) is 0 Å². The van der Waals surface area contributed by atoms with Gasteiger partial charge in [0, 0.05) is 53.1 Å². The van der Waals surface area contributed by atoms with Gasteiger partial charge in [0.1, 0.15) is 0 Å². The van der Waals surface area contributed by atoms with Crippen molar-refractivity contribution in [1.29, 1.82) is 0 Å². The summed E-state index contributed by atoms with van der Waals surface area (Å²) >= 11 is 0. The Hall–Kier alpha value is -2.24. The normalized spacial score (nSPS) is 18.5. The molecular formula is C32H42O4. The van der Waals surface area contributed by atoms with Crippen LogP contribution < -0.4 is 0 Å². The minimum absolute atomic E-state index is 0.140. The first-order valence-electron chi connectivity index (χ1n) is 13.4. The van der Waals surface area contributed by atoms with Gasteiger partial charge in [-0.05, 0) is 47.9 Å². The van der Waals surface area contributed by atoms with Crippen molar-refractivity contribution in [3.8, 4) is 0 Å². The molecule has 0 bridgehead atoms. The summed E-state index contributed by atoms with van der Waals surface area (Å²) in [6.45, 7) is 0. The van der Waals surface area contributed by atoms with Crippen LogP contribution in [0.2, 0.25) is 0 Å². The summed E-state index contributed by atoms with van der Waals surface area (Å²) in [5.41, 5.74) is 8.76. The Labute approximate surface area is 217 Å². The molecule has 0 spiro atoms. The fourth-order valence-electron chi connectivity index (χ4n) is 6.02. The molecule has 0 N–H and O–H groups in total. The molecule has 194 valence electrons. The summed E-state index contributed by atoms with van der Waals surface area (Å²) in [5, 5.41) is 0. The molecule has 2 aliphatic rings. The van der Waals surface area contributed by atoms with Crippen LogP contribution in [0, 0.1) is 0 Å². The monoisotopic (exact) mass is 490 g/mol. The van der Waals surface area contributed by atoms with E-state index in [1.54, 1.807) is 28.4 Å². The lowest BCUT2D eigenvalue weighted by molar-refractivity contribution is -0.106. The second kappa shape index (κ2) is 13.3. The van der Waals surface area contributed by atoms with E-state index < -0.39 is 0 Å². The van der Waals surface area contributed by atoms with E-state index in [0.717, 1.165) is 25.7 Å². The number of methoxy groups -OCH3 is 4. The quantitative estimate of drug-likeness (QED) is 0.189. The van der Waals surface area contributed by atoms with Gasteiger partial charge in [-0.1, -0.05) is 84.7 Å². The van der Waals surface area contributed by atoms with Crippen LogP contribution in [0.15, 0.2) is 59.7 Å². The number of hydrogen-bond acceptors (Lipinski definition) is 4. The topological polar surface area (TPSA) is 36.9 Å². The van der Waals surface area contributed by atoms with Crippen molar-refractivity contribution in [1.82, 2.24) is 0 Å². The molecule has 0 saturated heterocycles. The van der Waals surface area contributed by atoms with Gasteiger partial charge in [-0.15, -0.1) is 0 Å². The molecule has 4 nitrogen and oxygen atoms in total. The van der Waals surface area contributed by atoms with Crippen molar-refractivity contribution in [2.45, 2.75) is 75.8 Å². The summed E-state index contributed by atoms with van der Waals surface area (Å²) in [7, 11) is 6.88. The second-order valence-electron chi connectivity index (χ2n) is 9.97. The third kappa shape index (κ3) is 6.36. The van der Waals surface area contributed by atoms with E-state index in [0.29, 0.717) is 11.8 Å². The molecule has 2 aliphatic carbocycles. The predicted octanol–water partition coefficient (Wildman–Crippen LogP) is 7.71. The van der Waals surface area contributed by atoms with E-state index in [4.69, 9.17) is 18.9 Å². The van der Waals surface area contributed by atoms with Crippen molar-refractivity contribution in [3.05, 3.63) is 81.9 Å². The molecule has 2 atom stereocenters. The van der Waals surface area contributed by atoms with Crippen LogP contribution in [0.3, 0.4) is 0 Å². The summed E-state index contributed by atoms with van der Waals surface area (Å²) in [5.74, 6) is 1.01. The van der Waals surface area contributed by atoms with Crippen LogP contribution in [0.25, 0.3) is 12.2 Å². The SMILES string of the molecule is COC(CCC1=Cc2ccccc2C1CCCCC1C(CCC(OC)OC)=Cc2ccccc21)OC. The lowest BCUT2D eigenvalue weighted by Gasteiger charge is -2.21. The Kier molecular flexibility index (Phi) is 9.94. The molecule has 2 unspecified atom stereocenters. The molecule has 4 heteroatoms. The van der Waals surface area contributed by atoms with Crippen molar-refractivity contribution in [3.63, 3.8) is 0 Å². The maximum absolute atomic E-state index is 5.44. The van der Waals surface area contributed by atoms with Crippen molar-refractivity contribution >= 4 is 12.2 Å². The van der Waals surface area contributed by atoms with Crippen molar-refractivity contribution in [2.24, 2.45) is 0 Å². The molecular weight excluding hydrogens is 448 g/mol. The van der Waals surface area contributed by atoms with Crippen LogP contribution in [0.5, 0.6) is 0 Å². The van der Waals surface area contributed by atoms with Crippen LogP contribution in [0.1, 0.15) is 85.5 Å². The number of unbranched alkanes of at least 4 members (excludes halogenated alkanes) is 1. The van der Waals surface area contributed by atoms with E-state index >= 15 is 0 Å². The zero-order valence-corrected chi connectivity index (χ0v) is 22.4. The van der Waals surface area contributed by atoms with Crippen LogP contribution in [-0.2, 0) is 18.9 Å². The average molecular weight is 491 g/mol. The lowest BCUT2D eigenvalue weighted by Crippen LogP contribution is -2.13. The highest BCUT2D eigenvalue weighted by Gasteiger charge is 2.27. The number of rotatable bonds is 15. The summed E-state index contributed by atoms with van der Waals surface area (Å²) < 4.78 is 21.8. The van der Waals surface area contributed by atoms with Gasteiger partial charge >= 0.3 is 0 Å². The fourth-order valence-corrected chi connectivity index (χ4v) is 6.02. The van der Waals surface area contributed by atoms with E-state index in [1.807, 2.05) is 0 Å². The average Bonchev–Trinajstić information content (AvgIpc) is 3.45. The van der Waals surface area contributed by atoms with Crippen LogP contribution in [-0.4, -0.2) is 41.0 Å². The first-order chi connectivity index (χ1) is 17.7. The number of fused-ring (bicyclic) bond motifs is 2. The Bertz CT molecular complexity index is 948. The van der Waals surface area contributed by atoms with E-state index in [1.165, 1.54) is 59.1 Å². The van der Waals surface area contributed by atoms with Gasteiger partial charge in [0.25, 0.3) is 0 Å². The lowest BCUT2D eigenvalue weighted by atomic mass is 9.85.